The summed E-state index contributed by atoms with van der Waals surface area (Å²) in [7, 11) is 0. The highest BCUT2D eigenvalue weighted by atomic mass is 19.4. The summed E-state index contributed by atoms with van der Waals surface area (Å²) in [5.74, 6) is -0.610. The van der Waals surface area contributed by atoms with Gasteiger partial charge in [0.2, 0.25) is 0 Å². The van der Waals surface area contributed by atoms with Gasteiger partial charge in [-0.3, -0.25) is 0 Å². The predicted molar refractivity (Wildman–Crippen MR) is 69.5 cm³/mol. The molecule has 10 heteroatoms. The lowest BCUT2D eigenvalue weighted by molar-refractivity contribution is -0.143. The third-order valence-corrected chi connectivity index (χ3v) is 3.00. The summed E-state index contributed by atoms with van der Waals surface area (Å²) in [6.07, 6.45) is -8.43. The minimum Gasteiger partial charge on any atom is -0.410 e. The maximum absolute atomic E-state index is 12.7. The Labute approximate surface area is 131 Å². The molecular formula is C14H10F6N2O2. The fourth-order valence-electron chi connectivity index (χ4n) is 1.90. The van der Waals surface area contributed by atoms with Crippen molar-refractivity contribution < 1.29 is 35.9 Å². The molecule has 0 unspecified atom stereocenters. The first-order valence-corrected chi connectivity index (χ1v) is 6.56. The highest BCUT2D eigenvalue weighted by Gasteiger charge is 2.37. The molecule has 0 aliphatic heterocycles. The second kappa shape index (κ2) is 6.17. The number of carbonyl (C=O) groups excluding carboxylic acids is 1. The number of hydrogen-bond donors (Lipinski definition) is 0. The Morgan fingerprint density at radius 2 is 1.62 bits per heavy atom. The molecular weight excluding hydrogens is 342 g/mol. The SMILES string of the molecule is CCc1nccn1C(=O)Oc1cc(C(F)(F)F)cc(C(F)(F)F)c1. The zero-order chi connectivity index (χ0) is 18.1. The van der Waals surface area contributed by atoms with E-state index in [1.807, 2.05) is 0 Å². The molecule has 0 saturated carbocycles. The van der Waals surface area contributed by atoms with E-state index < -0.39 is 35.3 Å². The zero-order valence-electron chi connectivity index (χ0n) is 12.1. The molecule has 0 spiro atoms. The van der Waals surface area contributed by atoms with E-state index in [-0.39, 0.29) is 11.9 Å². The van der Waals surface area contributed by atoms with E-state index in [2.05, 4.69) is 9.72 Å². The van der Waals surface area contributed by atoms with Crippen LogP contribution in [0.5, 0.6) is 5.75 Å². The average molecular weight is 352 g/mol. The number of alkyl halides is 6. The van der Waals surface area contributed by atoms with Crippen LogP contribution in [-0.4, -0.2) is 15.6 Å². The lowest BCUT2D eigenvalue weighted by Crippen LogP contribution is -2.19. The van der Waals surface area contributed by atoms with Gasteiger partial charge in [-0.15, -0.1) is 0 Å². The fraction of sp³-hybridized carbons (Fsp3) is 0.286. The van der Waals surface area contributed by atoms with Crippen LogP contribution in [0, 0.1) is 0 Å². The Kier molecular flexibility index (Phi) is 4.59. The molecule has 130 valence electrons. The van der Waals surface area contributed by atoms with Crippen LogP contribution >= 0.6 is 0 Å². The Balaban J connectivity index is 2.41. The number of imidazole rings is 1. The quantitative estimate of drug-likeness (QED) is 0.746. The van der Waals surface area contributed by atoms with Gasteiger partial charge in [0.25, 0.3) is 0 Å². The minimum absolute atomic E-state index is 0.0496. The van der Waals surface area contributed by atoms with E-state index in [1.165, 1.54) is 12.4 Å². The van der Waals surface area contributed by atoms with Crippen LogP contribution < -0.4 is 4.74 Å². The van der Waals surface area contributed by atoms with E-state index in [4.69, 9.17) is 0 Å². The number of hydrogen-bond acceptors (Lipinski definition) is 3. The molecule has 24 heavy (non-hydrogen) atoms. The lowest BCUT2D eigenvalue weighted by Gasteiger charge is -2.14. The number of halogens is 6. The highest BCUT2D eigenvalue weighted by molar-refractivity contribution is 5.74. The van der Waals surface area contributed by atoms with Crippen LogP contribution in [0.15, 0.2) is 30.6 Å². The van der Waals surface area contributed by atoms with E-state index in [1.54, 1.807) is 6.92 Å². The first-order chi connectivity index (χ1) is 11.0. The van der Waals surface area contributed by atoms with Crippen molar-refractivity contribution >= 4 is 6.09 Å². The third kappa shape index (κ3) is 3.87. The van der Waals surface area contributed by atoms with Crippen molar-refractivity contribution in [2.24, 2.45) is 0 Å². The molecule has 0 saturated heterocycles. The van der Waals surface area contributed by atoms with Crippen LogP contribution in [-0.2, 0) is 18.8 Å². The third-order valence-electron chi connectivity index (χ3n) is 3.00. The molecule has 0 aliphatic carbocycles. The van der Waals surface area contributed by atoms with Crippen molar-refractivity contribution in [3.05, 3.63) is 47.5 Å². The van der Waals surface area contributed by atoms with Gasteiger partial charge in [0.15, 0.2) is 0 Å². The molecule has 4 nitrogen and oxygen atoms in total. The van der Waals surface area contributed by atoms with Gasteiger partial charge in [-0.2, -0.15) is 26.3 Å². The Bertz CT molecular complexity index is 716. The zero-order valence-corrected chi connectivity index (χ0v) is 12.1. The van der Waals surface area contributed by atoms with Gasteiger partial charge in [-0.1, -0.05) is 6.92 Å². The van der Waals surface area contributed by atoms with E-state index in [0.29, 0.717) is 18.6 Å². The molecule has 0 N–H and O–H groups in total. The summed E-state index contributed by atoms with van der Waals surface area (Å²) < 4.78 is 82.0. The molecule has 0 aliphatic rings. The fourth-order valence-corrected chi connectivity index (χ4v) is 1.90. The van der Waals surface area contributed by atoms with Gasteiger partial charge < -0.3 is 4.74 Å². The summed E-state index contributed by atoms with van der Waals surface area (Å²) in [5.41, 5.74) is -3.14. The van der Waals surface area contributed by atoms with Crippen molar-refractivity contribution in [1.29, 1.82) is 0 Å². The Hall–Kier alpha value is -2.52. The van der Waals surface area contributed by atoms with E-state index >= 15 is 0 Å². The van der Waals surface area contributed by atoms with Crippen LogP contribution in [0.3, 0.4) is 0 Å². The number of aromatic nitrogens is 2. The summed E-state index contributed by atoms with van der Waals surface area (Å²) in [4.78, 5) is 15.7. The number of rotatable bonds is 2. The Morgan fingerprint density at radius 1 is 1.08 bits per heavy atom. The standard InChI is InChI=1S/C14H10F6N2O2/c1-2-11-21-3-4-22(11)12(23)24-10-6-8(13(15,16)17)5-9(7-10)14(18,19)20/h3-7H,2H2,1H3. The maximum atomic E-state index is 12.7. The van der Waals surface area contributed by atoms with Crippen LogP contribution in [0.4, 0.5) is 31.1 Å². The average Bonchev–Trinajstić information content (AvgIpc) is 2.93. The van der Waals surface area contributed by atoms with Crippen molar-refractivity contribution in [1.82, 2.24) is 9.55 Å². The molecule has 1 aromatic heterocycles. The second-order valence-electron chi connectivity index (χ2n) is 4.68. The smallest absolute Gasteiger partial charge is 0.410 e. The molecule has 0 amide bonds. The lowest BCUT2D eigenvalue weighted by atomic mass is 10.1. The van der Waals surface area contributed by atoms with Crippen molar-refractivity contribution in [3.63, 3.8) is 0 Å². The van der Waals surface area contributed by atoms with Crippen LogP contribution in [0.25, 0.3) is 0 Å². The summed E-state index contributed by atoms with van der Waals surface area (Å²) in [5, 5.41) is 0. The van der Waals surface area contributed by atoms with E-state index in [9.17, 15) is 31.1 Å². The van der Waals surface area contributed by atoms with Gasteiger partial charge >= 0.3 is 18.4 Å². The van der Waals surface area contributed by atoms with Crippen molar-refractivity contribution in [2.45, 2.75) is 25.7 Å². The van der Waals surface area contributed by atoms with Crippen molar-refractivity contribution in [2.75, 3.05) is 0 Å². The van der Waals surface area contributed by atoms with Gasteiger partial charge in [-0.25, -0.2) is 14.3 Å². The highest BCUT2D eigenvalue weighted by Crippen LogP contribution is 2.38. The van der Waals surface area contributed by atoms with Crippen molar-refractivity contribution in [3.8, 4) is 5.75 Å². The second-order valence-corrected chi connectivity index (χ2v) is 4.68. The molecule has 0 radical (unpaired) electrons. The molecule has 2 rings (SSSR count). The maximum Gasteiger partial charge on any atom is 0.424 e. The molecule has 0 fully saturated rings. The largest absolute Gasteiger partial charge is 0.424 e. The normalized spacial score (nSPS) is 12.3. The number of aryl methyl sites for hydroxylation is 1. The number of benzene rings is 1. The summed E-state index contributed by atoms with van der Waals surface area (Å²) in [6.45, 7) is 1.66. The molecule has 1 aromatic carbocycles. The van der Waals surface area contributed by atoms with Gasteiger partial charge in [0.05, 0.1) is 11.1 Å². The Morgan fingerprint density at radius 3 is 2.08 bits per heavy atom. The van der Waals surface area contributed by atoms with Gasteiger partial charge in [0, 0.05) is 18.8 Å². The summed E-state index contributed by atoms with van der Waals surface area (Å²) >= 11 is 0. The molecule has 0 atom stereocenters. The topological polar surface area (TPSA) is 44.1 Å². The first-order valence-electron chi connectivity index (χ1n) is 6.56. The first kappa shape index (κ1) is 17.8. The molecule has 2 aromatic rings. The number of nitrogens with zero attached hydrogens (tertiary/aromatic N) is 2. The monoisotopic (exact) mass is 352 g/mol. The number of carbonyl (C=O) groups is 1. The van der Waals surface area contributed by atoms with Gasteiger partial charge in [-0.05, 0) is 18.2 Å². The molecule has 1 heterocycles. The molecule has 0 bridgehead atoms. The van der Waals surface area contributed by atoms with Crippen LogP contribution in [0.2, 0.25) is 0 Å². The van der Waals surface area contributed by atoms with Crippen LogP contribution in [0.1, 0.15) is 23.9 Å². The van der Waals surface area contributed by atoms with Gasteiger partial charge in [0.1, 0.15) is 11.6 Å². The number of ether oxygens (including phenoxy) is 1. The van der Waals surface area contributed by atoms with E-state index in [0.717, 1.165) is 4.57 Å². The minimum atomic E-state index is -5.02. The predicted octanol–water partition coefficient (Wildman–Crippen LogP) is 4.53. The summed E-state index contributed by atoms with van der Waals surface area (Å²) in [6, 6.07) is 0.609.